The second-order valence-corrected chi connectivity index (χ2v) is 15.5. The molecule has 0 radical (unpaired) electrons. The van der Waals surface area contributed by atoms with Crippen LogP contribution in [0.2, 0.25) is 0 Å². The quantitative estimate of drug-likeness (QED) is 0.102. The number of aromatic nitrogens is 2. The van der Waals surface area contributed by atoms with Crippen molar-refractivity contribution in [3.05, 3.63) is 148 Å². The first-order chi connectivity index (χ1) is 26.5. The van der Waals surface area contributed by atoms with E-state index in [0.717, 1.165) is 101 Å². The van der Waals surface area contributed by atoms with Crippen LogP contribution in [0.3, 0.4) is 0 Å². The van der Waals surface area contributed by atoms with Gasteiger partial charge in [-0.25, -0.2) is 4.79 Å². The van der Waals surface area contributed by atoms with Crippen LogP contribution in [0.5, 0.6) is 0 Å². The second-order valence-electron chi connectivity index (χ2n) is 15.5. The van der Waals surface area contributed by atoms with Gasteiger partial charge in [0.15, 0.2) is 0 Å². The van der Waals surface area contributed by atoms with Gasteiger partial charge in [0.25, 0.3) is 16.9 Å². The Balaban J connectivity index is 1.48. The van der Waals surface area contributed by atoms with Crippen LogP contribution in [-0.2, 0) is 39.3 Å². The highest BCUT2D eigenvalue weighted by Crippen LogP contribution is 2.29. The van der Waals surface area contributed by atoms with Crippen molar-refractivity contribution in [2.24, 2.45) is 0 Å². The molecular weight excluding hydrogens is 697 g/mol. The van der Waals surface area contributed by atoms with Crippen molar-refractivity contribution < 1.29 is 18.8 Å². The molecule has 1 aromatic heterocycles. The molecular formula is C43H58N6O6+2. The van der Waals surface area contributed by atoms with Gasteiger partial charge >= 0.3 is 5.69 Å². The fourth-order valence-corrected chi connectivity index (χ4v) is 8.43. The second kappa shape index (κ2) is 19.1. The summed E-state index contributed by atoms with van der Waals surface area (Å²) in [5.41, 5.74) is 4.24. The van der Waals surface area contributed by atoms with E-state index in [1.54, 1.807) is 34.9 Å². The average Bonchev–Trinajstić information content (AvgIpc) is 3.17. The van der Waals surface area contributed by atoms with Gasteiger partial charge in [0.1, 0.15) is 26.2 Å². The minimum absolute atomic E-state index is 0.138. The molecule has 12 nitrogen and oxygen atoms in total. The highest BCUT2D eigenvalue weighted by atomic mass is 16.6. The van der Waals surface area contributed by atoms with Crippen LogP contribution in [0.4, 0.5) is 11.4 Å². The standard InChI is InChI=1S/C43H58N6O6/c1-4-48(33-38-18-10-12-20-40(38)46(52)53)28-16-8-6-14-26-44-35(3)30-42(50)45(43(44)51)27-15-7-9-17-29-49(5-2,32-37-24-22-36(31-48)23-25-37)34-39-19-11-13-21-41(39)47(54)55/h10-13,18-25,30H,4-9,14-17,26-29,31-34H2,1-3H3/q+2. The lowest BCUT2D eigenvalue weighted by molar-refractivity contribution is -0.952. The number of rotatable bonds is 8. The Hall–Kier alpha value is -4.94. The summed E-state index contributed by atoms with van der Waals surface area (Å²) in [6.45, 7) is 12.8. The zero-order valence-electron chi connectivity index (χ0n) is 32.9. The van der Waals surface area contributed by atoms with Gasteiger partial charge in [-0.3, -0.25) is 34.2 Å². The number of nitro groups is 2. The minimum Gasteiger partial charge on any atom is -0.316 e. The molecule has 2 aliphatic heterocycles. The minimum atomic E-state index is -0.293. The molecule has 0 saturated heterocycles. The Morgan fingerprint density at radius 1 is 0.600 bits per heavy atom. The number of nitro benzene ring substituents is 2. The molecule has 0 saturated carbocycles. The number of hydrogen-bond donors (Lipinski definition) is 0. The average molecular weight is 755 g/mol. The molecule has 4 aromatic rings. The number of para-hydroxylation sites is 2. The number of hydrogen-bond acceptors (Lipinski definition) is 6. The third-order valence-corrected chi connectivity index (χ3v) is 11.8. The molecule has 2 aliphatic rings. The van der Waals surface area contributed by atoms with Gasteiger partial charge in [-0.05, 0) is 71.4 Å². The maximum absolute atomic E-state index is 13.5. The summed E-state index contributed by atoms with van der Waals surface area (Å²) in [5.74, 6) is 0. The van der Waals surface area contributed by atoms with Crippen LogP contribution in [0.25, 0.3) is 0 Å². The lowest BCUT2D eigenvalue weighted by Crippen LogP contribution is -2.47. The van der Waals surface area contributed by atoms with Gasteiger partial charge in [0.2, 0.25) is 0 Å². The molecule has 6 rings (SSSR count). The molecule has 0 N–H and O–H groups in total. The van der Waals surface area contributed by atoms with Crippen molar-refractivity contribution in [1.82, 2.24) is 9.13 Å². The van der Waals surface area contributed by atoms with Crippen LogP contribution in [0, 0.1) is 27.2 Å². The Morgan fingerprint density at radius 2 is 1.02 bits per heavy atom. The lowest BCUT2D eigenvalue weighted by atomic mass is 10.0. The summed E-state index contributed by atoms with van der Waals surface area (Å²) >= 11 is 0. The first kappa shape index (κ1) is 41.2. The van der Waals surface area contributed by atoms with E-state index < -0.39 is 0 Å². The number of benzene rings is 3. The van der Waals surface area contributed by atoms with Crippen molar-refractivity contribution in [2.75, 3.05) is 26.2 Å². The van der Waals surface area contributed by atoms with E-state index in [2.05, 4.69) is 38.1 Å². The number of quaternary nitrogens is 2. The Bertz CT molecular complexity index is 2040. The highest BCUT2D eigenvalue weighted by Gasteiger charge is 2.32. The summed E-state index contributed by atoms with van der Waals surface area (Å²) in [4.78, 5) is 49.9. The maximum atomic E-state index is 13.5. The van der Waals surface area contributed by atoms with Gasteiger partial charge in [0.05, 0.1) is 47.2 Å². The van der Waals surface area contributed by atoms with Crippen molar-refractivity contribution in [2.45, 2.75) is 111 Å². The fourth-order valence-electron chi connectivity index (χ4n) is 8.43. The fraction of sp³-hybridized carbons (Fsp3) is 0.488. The lowest BCUT2D eigenvalue weighted by Gasteiger charge is -2.39. The van der Waals surface area contributed by atoms with Crippen molar-refractivity contribution in [1.29, 1.82) is 0 Å². The highest BCUT2D eigenvalue weighted by molar-refractivity contribution is 5.40. The van der Waals surface area contributed by atoms with Crippen LogP contribution < -0.4 is 11.2 Å². The monoisotopic (exact) mass is 754 g/mol. The summed E-state index contributed by atoms with van der Waals surface area (Å²) < 4.78 is 4.43. The first-order valence-electron chi connectivity index (χ1n) is 20.0. The van der Waals surface area contributed by atoms with Gasteiger partial charge in [0, 0.05) is 48.1 Å². The molecule has 2 atom stereocenters. The van der Waals surface area contributed by atoms with Crippen LogP contribution in [0.1, 0.15) is 93.2 Å². The maximum Gasteiger partial charge on any atom is 0.331 e. The van der Waals surface area contributed by atoms with Crippen molar-refractivity contribution >= 4 is 11.4 Å². The van der Waals surface area contributed by atoms with Crippen LogP contribution >= 0.6 is 0 Å². The Labute approximate surface area is 324 Å². The molecule has 55 heavy (non-hydrogen) atoms. The van der Waals surface area contributed by atoms with Crippen LogP contribution in [0.15, 0.2) is 88.5 Å². The zero-order chi connectivity index (χ0) is 39.4. The SMILES string of the molecule is CC[N+]1(Cc2ccccc2[N+](=O)[O-])CCCCCCn2c(C)cc(=O)n(c2=O)CCCCCC[N+](CC)(Cc2ccccc2[N+](=O)[O-])Cc2ccc(cc2)C1. The van der Waals surface area contributed by atoms with E-state index >= 15 is 0 Å². The molecule has 3 heterocycles. The summed E-state index contributed by atoms with van der Waals surface area (Å²) in [6, 6.07) is 24.4. The molecule has 0 aliphatic carbocycles. The Morgan fingerprint density at radius 3 is 1.45 bits per heavy atom. The largest absolute Gasteiger partial charge is 0.331 e. The van der Waals surface area contributed by atoms with E-state index in [1.807, 2.05) is 31.2 Å². The van der Waals surface area contributed by atoms with E-state index in [-0.39, 0.29) is 32.5 Å². The smallest absolute Gasteiger partial charge is 0.316 e. The predicted molar refractivity (Wildman–Crippen MR) is 215 cm³/mol. The summed E-state index contributed by atoms with van der Waals surface area (Å²) in [6.07, 6.45) is 7.05. The van der Waals surface area contributed by atoms with Gasteiger partial charge < -0.3 is 8.97 Å². The molecule has 4 bridgehead atoms. The summed E-state index contributed by atoms with van der Waals surface area (Å²) in [5, 5.41) is 24.1. The zero-order valence-corrected chi connectivity index (χ0v) is 32.9. The first-order valence-corrected chi connectivity index (χ1v) is 20.0. The number of nitrogens with zero attached hydrogens (tertiary/aromatic N) is 6. The third-order valence-electron chi connectivity index (χ3n) is 11.8. The van der Waals surface area contributed by atoms with E-state index in [1.165, 1.54) is 10.1 Å². The molecule has 294 valence electrons. The third kappa shape index (κ3) is 10.6. The number of aryl methyl sites for hydroxylation is 1. The molecule has 0 spiro atoms. The van der Waals surface area contributed by atoms with Crippen LogP contribution in [-0.4, -0.2) is 54.1 Å². The molecule has 0 amide bonds. The normalized spacial score (nSPS) is 20.5. The predicted octanol–water partition coefficient (Wildman–Crippen LogP) is 8.04. The van der Waals surface area contributed by atoms with Crippen molar-refractivity contribution in [3.8, 4) is 0 Å². The van der Waals surface area contributed by atoms with Gasteiger partial charge in [-0.2, -0.15) is 0 Å². The Kier molecular flexibility index (Phi) is 14.3. The molecule has 3 aromatic carbocycles. The topological polar surface area (TPSA) is 130 Å². The van der Waals surface area contributed by atoms with E-state index in [0.29, 0.717) is 47.4 Å². The summed E-state index contributed by atoms with van der Waals surface area (Å²) in [7, 11) is 0. The van der Waals surface area contributed by atoms with Gasteiger partial charge in [-0.1, -0.05) is 61.4 Å². The van der Waals surface area contributed by atoms with E-state index in [9.17, 15) is 29.8 Å². The molecule has 12 heteroatoms. The van der Waals surface area contributed by atoms with E-state index in [4.69, 9.17) is 0 Å². The molecule has 2 unspecified atom stereocenters. The van der Waals surface area contributed by atoms with Gasteiger partial charge in [-0.15, -0.1) is 0 Å². The molecule has 0 fully saturated rings. The van der Waals surface area contributed by atoms with Crippen molar-refractivity contribution in [3.63, 3.8) is 0 Å². The number of fused-ring (bicyclic) bond motifs is 16.